The van der Waals surface area contributed by atoms with Crippen molar-refractivity contribution in [3.8, 4) is 22.6 Å². The molecular weight excluding hydrogens is 546 g/mol. The van der Waals surface area contributed by atoms with Gasteiger partial charge in [-0.05, 0) is 37.8 Å². The molecule has 0 saturated carbocycles. The molecule has 5 aromatic rings. The quantitative estimate of drug-likeness (QED) is 0.313. The molecule has 2 fully saturated rings. The van der Waals surface area contributed by atoms with E-state index in [9.17, 15) is 13.2 Å². The molecule has 2 saturated heterocycles. The molecule has 2 aliphatic rings. The predicted octanol–water partition coefficient (Wildman–Crippen LogP) is 1.90. The zero-order valence-corrected chi connectivity index (χ0v) is 22.7. The van der Waals surface area contributed by atoms with Crippen LogP contribution in [0.4, 0.5) is 5.82 Å². The van der Waals surface area contributed by atoms with Gasteiger partial charge in [0, 0.05) is 54.0 Å². The van der Waals surface area contributed by atoms with Crippen molar-refractivity contribution < 1.29 is 13.2 Å². The molecule has 208 valence electrons. The highest BCUT2D eigenvalue weighted by molar-refractivity contribution is 7.91. The van der Waals surface area contributed by atoms with Gasteiger partial charge in [-0.2, -0.15) is 9.61 Å². The topological polar surface area (TPSA) is 191 Å². The SMILES string of the molecule is CS(=O)(=O)c1c([C@H]2C[C@H]3CC[C@@H](C2)N3C(=O)c2nnc[nH]2)nc2c(-c3ccc(-c4ncccn4)nc3)cnn2c1N. The molecule has 0 aliphatic carbocycles. The number of nitrogens with zero attached hydrogens (tertiary/aromatic N) is 9. The average Bonchev–Trinajstić information content (AvgIpc) is 3.71. The van der Waals surface area contributed by atoms with E-state index in [4.69, 9.17) is 10.7 Å². The summed E-state index contributed by atoms with van der Waals surface area (Å²) < 4.78 is 27.5. The fourth-order valence-electron chi connectivity index (χ4n) is 6.16. The minimum Gasteiger partial charge on any atom is -0.382 e. The number of carbonyl (C=O) groups excluding carboxylic acids is 1. The van der Waals surface area contributed by atoms with E-state index >= 15 is 0 Å². The zero-order valence-electron chi connectivity index (χ0n) is 21.9. The number of H-pyrrole nitrogens is 1. The Labute approximate surface area is 234 Å². The molecule has 14 nitrogen and oxygen atoms in total. The summed E-state index contributed by atoms with van der Waals surface area (Å²) in [5.41, 5.74) is 9.34. The third-order valence-electron chi connectivity index (χ3n) is 7.88. The van der Waals surface area contributed by atoms with E-state index in [-0.39, 0.29) is 40.4 Å². The van der Waals surface area contributed by atoms with Gasteiger partial charge in [-0.15, -0.1) is 10.2 Å². The number of hydrogen-bond acceptors (Lipinski definition) is 11. The van der Waals surface area contributed by atoms with Gasteiger partial charge < -0.3 is 15.6 Å². The number of hydrogen-bond donors (Lipinski definition) is 2. The van der Waals surface area contributed by atoms with Gasteiger partial charge in [0.1, 0.15) is 22.7 Å². The number of aromatic nitrogens is 9. The van der Waals surface area contributed by atoms with Gasteiger partial charge in [-0.1, -0.05) is 6.07 Å². The van der Waals surface area contributed by atoms with Gasteiger partial charge >= 0.3 is 0 Å². The van der Waals surface area contributed by atoms with Crippen molar-refractivity contribution in [1.29, 1.82) is 0 Å². The van der Waals surface area contributed by atoms with Crippen LogP contribution in [-0.4, -0.2) is 82.3 Å². The molecule has 2 aliphatic heterocycles. The molecule has 0 unspecified atom stereocenters. The standard InChI is InChI=1S/C26H25N11O3S/c1-41(39,40)21-20(15-9-16-4-5-17(10-15)36(16)26(38)24-31-13-32-35-24)34-25-18(12-33-37(25)22(21)27)14-3-6-19(30-11-14)23-28-7-2-8-29-23/h2-3,6-8,11-13,15-17H,4-5,9-10,27H2,1H3,(H,31,32,35)/t15-,16+,17-. The van der Waals surface area contributed by atoms with Crippen molar-refractivity contribution in [1.82, 2.24) is 49.6 Å². The molecule has 1 amide bonds. The number of anilines is 1. The molecule has 7 rings (SSSR count). The highest BCUT2D eigenvalue weighted by Gasteiger charge is 2.46. The molecular formula is C26H25N11O3S. The first-order chi connectivity index (χ1) is 19.8. The Bertz CT molecular complexity index is 1860. The highest BCUT2D eigenvalue weighted by Crippen LogP contribution is 2.45. The highest BCUT2D eigenvalue weighted by atomic mass is 32.2. The summed E-state index contributed by atoms with van der Waals surface area (Å²) in [4.78, 5) is 35.7. The van der Waals surface area contributed by atoms with E-state index < -0.39 is 9.84 Å². The van der Waals surface area contributed by atoms with Gasteiger partial charge in [0.25, 0.3) is 5.91 Å². The Morgan fingerprint density at radius 3 is 2.46 bits per heavy atom. The van der Waals surface area contributed by atoms with Crippen LogP contribution in [0, 0.1) is 0 Å². The van der Waals surface area contributed by atoms with Crippen LogP contribution in [-0.2, 0) is 9.84 Å². The Balaban J connectivity index is 1.29. The van der Waals surface area contributed by atoms with Crippen LogP contribution >= 0.6 is 0 Å². The largest absolute Gasteiger partial charge is 0.382 e. The molecule has 7 heterocycles. The molecule has 41 heavy (non-hydrogen) atoms. The van der Waals surface area contributed by atoms with Crippen LogP contribution in [0.5, 0.6) is 0 Å². The average molecular weight is 572 g/mol. The second kappa shape index (κ2) is 9.40. The number of rotatable bonds is 5. The summed E-state index contributed by atoms with van der Waals surface area (Å²) in [5.74, 6) is 0.289. The van der Waals surface area contributed by atoms with Crippen LogP contribution in [0.3, 0.4) is 0 Å². The van der Waals surface area contributed by atoms with E-state index in [1.54, 1.807) is 30.9 Å². The van der Waals surface area contributed by atoms with Crippen molar-refractivity contribution >= 4 is 27.2 Å². The third-order valence-corrected chi connectivity index (χ3v) is 9.04. The number of aromatic amines is 1. The van der Waals surface area contributed by atoms with E-state index in [0.29, 0.717) is 41.3 Å². The second-order valence-electron chi connectivity index (χ2n) is 10.4. The van der Waals surface area contributed by atoms with Crippen molar-refractivity contribution in [2.75, 3.05) is 12.0 Å². The van der Waals surface area contributed by atoms with Crippen LogP contribution in [0.1, 0.15) is 47.9 Å². The normalized spacial score (nSPS) is 20.5. The lowest BCUT2D eigenvalue weighted by Gasteiger charge is -2.38. The fourth-order valence-corrected chi connectivity index (χ4v) is 7.22. The summed E-state index contributed by atoms with van der Waals surface area (Å²) in [6.07, 6.45) is 11.8. The molecule has 3 atom stereocenters. The lowest BCUT2D eigenvalue weighted by Crippen LogP contribution is -2.46. The van der Waals surface area contributed by atoms with Gasteiger partial charge in [0.2, 0.25) is 5.82 Å². The van der Waals surface area contributed by atoms with Gasteiger partial charge in [0.15, 0.2) is 21.3 Å². The maximum Gasteiger partial charge on any atom is 0.292 e. The second-order valence-corrected chi connectivity index (χ2v) is 12.3. The fraction of sp³-hybridized carbons (Fsp3) is 0.308. The number of nitrogens with two attached hydrogens (primary N) is 1. The monoisotopic (exact) mass is 571 g/mol. The smallest absolute Gasteiger partial charge is 0.292 e. The third kappa shape index (κ3) is 4.20. The predicted molar refractivity (Wildman–Crippen MR) is 146 cm³/mol. The van der Waals surface area contributed by atoms with E-state index in [1.807, 2.05) is 17.0 Å². The van der Waals surface area contributed by atoms with E-state index in [2.05, 4.69) is 35.2 Å². The van der Waals surface area contributed by atoms with Crippen molar-refractivity contribution in [2.45, 2.75) is 48.6 Å². The molecule has 0 spiro atoms. The van der Waals surface area contributed by atoms with E-state index in [0.717, 1.165) is 24.7 Å². The summed E-state index contributed by atoms with van der Waals surface area (Å²) in [6, 6.07) is 5.25. The Morgan fingerprint density at radius 1 is 1.07 bits per heavy atom. The maximum atomic E-state index is 13.1. The first-order valence-electron chi connectivity index (χ1n) is 13.1. The molecule has 0 radical (unpaired) electrons. The summed E-state index contributed by atoms with van der Waals surface area (Å²) >= 11 is 0. The lowest BCUT2D eigenvalue weighted by molar-refractivity contribution is 0.0556. The Kier molecular flexibility index (Phi) is 5.78. The molecule has 0 aromatic carbocycles. The van der Waals surface area contributed by atoms with Gasteiger partial charge in [0.05, 0.1) is 11.9 Å². The molecule has 15 heteroatoms. The lowest BCUT2D eigenvalue weighted by atomic mass is 9.87. The molecule has 5 aromatic heterocycles. The minimum absolute atomic E-state index is 0.00790. The van der Waals surface area contributed by atoms with Crippen LogP contribution in [0.15, 0.2) is 54.2 Å². The number of piperidine rings is 1. The minimum atomic E-state index is -3.75. The number of fused-ring (bicyclic) bond motifs is 3. The number of nitrogen functional groups attached to an aromatic ring is 1. The van der Waals surface area contributed by atoms with Crippen molar-refractivity contribution in [3.63, 3.8) is 0 Å². The number of amides is 1. The first-order valence-corrected chi connectivity index (χ1v) is 15.0. The number of nitrogens with one attached hydrogen (secondary N) is 1. The maximum absolute atomic E-state index is 13.1. The summed E-state index contributed by atoms with van der Waals surface area (Å²) in [7, 11) is -3.75. The first kappa shape index (κ1) is 25.2. The van der Waals surface area contributed by atoms with E-state index in [1.165, 1.54) is 10.8 Å². The van der Waals surface area contributed by atoms with Crippen LogP contribution in [0.2, 0.25) is 0 Å². The Hall–Kier alpha value is -4.79. The number of pyridine rings is 1. The van der Waals surface area contributed by atoms with Crippen LogP contribution in [0.25, 0.3) is 28.3 Å². The van der Waals surface area contributed by atoms with Crippen LogP contribution < -0.4 is 5.73 Å². The zero-order chi connectivity index (χ0) is 28.3. The molecule has 3 N–H and O–H groups in total. The number of carbonyl (C=O) groups is 1. The van der Waals surface area contributed by atoms with Gasteiger partial charge in [-0.3, -0.25) is 9.78 Å². The van der Waals surface area contributed by atoms with Gasteiger partial charge in [-0.25, -0.2) is 23.4 Å². The summed E-state index contributed by atoms with van der Waals surface area (Å²) in [6.45, 7) is 0. The summed E-state index contributed by atoms with van der Waals surface area (Å²) in [5, 5.41) is 12.0. The Morgan fingerprint density at radius 2 is 1.83 bits per heavy atom. The number of sulfone groups is 1. The molecule has 2 bridgehead atoms. The van der Waals surface area contributed by atoms with Crippen molar-refractivity contribution in [3.05, 3.63) is 60.8 Å². The van der Waals surface area contributed by atoms with Crippen molar-refractivity contribution in [2.24, 2.45) is 0 Å².